The molecule has 1 fully saturated rings. The Morgan fingerprint density at radius 1 is 1.02 bits per heavy atom. The lowest BCUT2D eigenvalue weighted by Gasteiger charge is -2.47. The molecule has 1 aliphatic heterocycles. The zero-order valence-electron chi connectivity index (χ0n) is 26.6. The summed E-state index contributed by atoms with van der Waals surface area (Å²) in [6, 6.07) is 11.7. The number of halogens is 2. The molecular weight excluding hydrogens is 597 g/mol. The van der Waals surface area contributed by atoms with Gasteiger partial charge >= 0.3 is 5.97 Å². The molecule has 0 bridgehead atoms. The number of carbonyl (C=O) groups is 3. The number of rotatable bonds is 10. The van der Waals surface area contributed by atoms with Gasteiger partial charge in [-0.25, -0.2) is 0 Å². The van der Waals surface area contributed by atoms with Gasteiger partial charge in [0.05, 0.1) is 12.5 Å². The van der Waals surface area contributed by atoms with Gasteiger partial charge < -0.3 is 15.3 Å². The highest BCUT2D eigenvalue weighted by Crippen LogP contribution is 2.50. The van der Waals surface area contributed by atoms with E-state index in [1.165, 1.54) is 0 Å². The number of aliphatic imine (C=N–C) groups is 1. The van der Waals surface area contributed by atoms with Gasteiger partial charge in [0.25, 0.3) is 11.8 Å². The molecule has 2 atom stereocenters. The van der Waals surface area contributed by atoms with Crippen molar-refractivity contribution in [3.8, 4) is 0 Å². The van der Waals surface area contributed by atoms with E-state index >= 15 is 0 Å². The Bertz CT molecular complexity index is 1390. The molecule has 0 radical (unpaired) electrons. The highest BCUT2D eigenvalue weighted by atomic mass is 35.5. The van der Waals surface area contributed by atoms with Crippen molar-refractivity contribution in [2.45, 2.75) is 104 Å². The van der Waals surface area contributed by atoms with E-state index in [4.69, 9.17) is 33.3 Å². The predicted octanol–water partition coefficient (Wildman–Crippen LogP) is 8.33. The van der Waals surface area contributed by atoms with Crippen LogP contribution >= 0.6 is 23.2 Å². The Morgan fingerprint density at radius 2 is 1.61 bits per heavy atom. The molecule has 1 heterocycles. The number of carboxylic acid groups (broad SMARTS) is 1. The molecule has 2 N–H and O–H groups in total. The minimum atomic E-state index is -0.969. The molecule has 1 aliphatic carbocycles. The summed E-state index contributed by atoms with van der Waals surface area (Å²) in [6.07, 6.45) is 4.94. The summed E-state index contributed by atoms with van der Waals surface area (Å²) in [5.41, 5.74) is 1.86. The van der Waals surface area contributed by atoms with Crippen molar-refractivity contribution in [2.24, 2.45) is 22.2 Å². The molecule has 1 unspecified atom stereocenters. The topological polar surface area (TPSA) is 99.1 Å². The lowest BCUT2D eigenvalue weighted by Crippen LogP contribution is -2.51. The largest absolute Gasteiger partial charge is 0.481 e. The molecule has 0 aromatic heterocycles. The maximum absolute atomic E-state index is 14.5. The summed E-state index contributed by atoms with van der Waals surface area (Å²) in [4.78, 5) is 45.7. The molecule has 1 saturated carbocycles. The third-order valence-electron chi connectivity index (χ3n) is 9.08. The molecule has 2 aliphatic rings. The van der Waals surface area contributed by atoms with Gasteiger partial charge in [0, 0.05) is 27.2 Å². The number of nitrogens with one attached hydrogen (secondary N) is 1. The SMILES string of the molecule is CC(C)CCC(c1ccc(C(=O)N[C@@H](C)CC(=O)O)cc1)N1C(=O)C(c2cc(Cl)cc(Cl)c2)=NC12CCC(C(C)(C)C)CC2. The molecule has 1 spiro atoms. The van der Waals surface area contributed by atoms with Crippen LogP contribution in [0.5, 0.6) is 0 Å². The maximum atomic E-state index is 14.5. The number of carbonyl (C=O) groups excluding carboxylic acids is 2. The Hall–Kier alpha value is -2.90. The van der Waals surface area contributed by atoms with Gasteiger partial charge in [0.15, 0.2) is 0 Å². The number of nitrogens with zero attached hydrogens (tertiary/aromatic N) is 2. The Morgan fingerprint density at radius 3 is 2.14 bits per heavy atom. The lowest BCUT2D eigenvalue weighted by molar-refractivity contribution is -0.137. The van der Waals surface area contributed by atoms with Gasteiger partial charge in [-0.1, -0.05) is 70.0 Å². The third-order valence-corrected chi connectivity index (χ3v) is 9.52. The fraction of sp³-hybridized carbons (Fsp3) is 0.543. The van der Waals surface area contributed by atoms with Crippen LogP contribution in [0, 0.1) is 17.3 Å². The highest BCUT2D eigenvalue weighted by molar-refractivity contribution is 6.47. The Balaban J connectivity index is 1.73. The van der Waals surface area contributed by atoms with Crippen molar-refractivity contribution < 1.29 is 19.5 Å². The van der Waals surface area contributed by atoms with Crippen LogP contribution in [0.4, 0.5) is 0 Å². The van der Waals surface area contributed by atoms with Gasteiger partial charge in [-0.2, -0.15) is 0 Å². The van der Waals surface area contributed by atoms with Crippen LogP contribution in [0.2, 0.25) is 10.0 Å². The van der Waals surface area contributed by atoms with Gasteiger partial charge in [-0.15, -0.1) is 0 Å². The van der Waals surface area contributed by atoms with Crippen molar-refractivity contribution in [1.29, 1.82) is 0 Å². The third kappa shape index (κ3) is 7.84. The first-order valence-electron chi connectivity index (χ1n) is 15.6. The lowest BCUT2D eigenvalue weighted by atomic mass is 9.69. The van der Waals surface area contributed by atoms with Crippen molar-refractivity contribution in [2.75, 3.05) is 0 Å². The van der Waals surface area contributed by atoms with Gasteiger partial charge in [-0.3, -0.25) is 19.4 Å². The van der Waals surface area contributed by atoms with Crippen molar-refractivity contribution >= 4 is 46.7 Å². The van der Waals surface area contributed by atoms with Crippen LogP contribution in [0.1, 0.15) is 114 Å². The fourth-order valence-corrected chi connectivity index (χ4v) is 7.16. The molecule has 0 saturated heterocycles. The average molecular weight is 643 g/mol. The van der Waals surface area contributed by atoms with E-state index in [0.29, 0.717) is 38.7 Å². The molecule has 7 nitrogen and oxygen atoms in total. The quantitative estimate of drug-likeness (QED) is 0.272. The van der Waals surface area contributed by atoms with Crippen LogP contribution in [-0.2, 0) is 9.59 Å². The number of aliphatic carboxylic acids is 1. The Kier molecular flexibility index (Phi) is 10.5. The van der Waals surface area contributed by atoms with Crippen LogP contribution in [0.15, 0.2) is 47.5 Å². The van der Waals surface area contributed by atoms with Crippen molar-refractivity contribution in [1.82, 2.24) is 10.2 Å². The minimum absolute atomic E-state index is 0.129. The van der Waals surface area contributed by atoms with Gasteiger partial charge in [-0.05, 0) is 98.6 Å². The summed E-state index contributed by atoms with van der Waals surface area (Å²) in [7, 11) is 0. The number of hydrogen-bond donors (Lipinski definition) is 2. The fourth-order valence-electron chi connectivity index (χ4n) is 6.63. The molecular formula is C35H45Cl2N3O4. The van der Waals surface area contributed by atoms with Crippen LogP contribution in [-0.4, -0.2) is 45.2 Å². The minimum Gasteiger partial charge on any atom is -0.481 e. The first-order chi connectivity index (χ1) is 20.6. The first-order valence-corrected chi connectivity index (χ1v) is 16.4. The van der Waals surface area contributed by atoms with E-state index in [-0.39, 0.29) is 29.7 Å². The predicted molar refractivity (Wildman–Crippen MR) is 176 cm³/mol. The van der Waals surface area contributed by atoms with Crippen LogP contribution in [0.3, 0.4) is 0 Å². The summed E-state index contributed by atoms with van der Waals surface area (Å²) >= 11 is 12.7. The van der Waals surface area contributed by atoms with Gasteiger partial charge in [0.2, 0.25) is 0 Å². The molecule has 2 aromatic carbocycles. The zero-order valence-corrected chi connectivity index (χ0v) is 28.1. The summed E-state index contributed by atoms with van der Waals surface area (Å²) < 4.78 is 0. The summed E-state index contributed by atoms with van der Waals surface area (Å²) in [5, 5.41) is 12.7. The number of hydrogen-bond acceptors (Lipinski definition) is 4. The van der Waals surface area contributed by atoms with Gasteiger partial charge in [0.1, 0.15) is 11.4 Å². The average Bonchev–Trinajstić information content (AvgIpc) is 3.19. The monoisotopic (exact) mass is 641 g/mol. The zero-order chi connectivity index (χ0) is 32.4. The van der Waals surface area contributed by atoms with E-state index in [1.54, 1.807) is 37.3 Å². The van der Waals surface area contributed by atoms with E-state index < -0.39 is 17.7 Å². The number of benzene rings is 2. The second-order valence-corrected chi connectivity index (χ2v) is 14.9. The second kappa shape index (κ2) is 13.6. The van der Waals surface area contributed by atoms with Crippen molar-refractivity contribution in [3.63, 3.8) is 0 Å². The summed E-state index contributed by atoms with van der Waals surface area (Å²) in [5.74, 6) is -0.475. The second-order valence-electron chi connectivity index (χ2n) is 14.0. The molecule has 238 valence electrons. The van der Waals surface area contributed by atoms with Crippen LogP contribution < -0.4 is 5.32 Å². The van der Waals surface area contributed by atoms with E-state index in [9.17, 15) is 14.4 Å². The van der Waals surface area contributed by atoms with E-state index in [0.717, 1.165) is 44.1 Å². The number of carboxylic acids is 1. The summed E-state index contributed by atoms with van der Waals surface area (Å²) in [6.45, 7) is 12.9. The van der Waals surface area contributed by atoms with Crippen molar-refractivity contribution in [3.05, 3.63) is 69.2 Å². The molecule has 2 aromatic rings. The highest BCUT2D eigenvalue weighted by Gasteiger charge is 2.52. The first kappa shape index (κ1) is 34.0. The molecule has 9 heteroatoms. The Labute approximate surface area is 271 Å². The molecule has 4 rings (SSSR count). The molecule has 2 amide bonds. The normalized spacial score (nSPS) is 21.8. The van der Waals surface area contributed by atoms with E-state index in [2.05, 4.69) is 39.9 Å². The standard InChI is InChI=1S/C35H45Cl2N3O4/c1-21(2)7-12-29(23-8-10-24(11-9-23)32(43)38-22(3)17-30(41)42)40-33(44)31(25-18-27(36)20-28(37)19-25)39-35(40)15-13-26(14-16-35)34(4,5)6/h8-11,18-22,26,29H,7,12-17H2,1-6H3,(H,38,43)(H,41,42)/t22-,26?,29?,35?/m0/s1. The molecule has 44 heavy (non-hydrogen) atoms. The van der Waals surface area contributed by atoms with E-state index in [1.807, 2.05) is 17.0 Å². The van der Waals surface area contributed by atoms with Crippen LogP contribution in [0.25, 0.3) is 0 Å². The maximum Gasteiger partial charge on any atom is 0.305 e. The smallest absolute Gasteiger partial charge is 0.305 e. The number of amides is 2.